The number of hydrogen-bond acceptors (Lipinski definition) is 3. The molecule has 3 nitrogen and oxygen atoms in total. The van der Waals surface area contributed by atoms with Crippen molar-refractivity contribution >= 4 is 0 Å². The first-order valence-corrected chi connectivity index (χ1v) is 10.3. The van der Waals surface area contributed by atoms with Crippen LogP contribution in [0, 0.1) is 13.8 Å². The van der Waals surface area contributed by atoms with Crippen LogP contribution < -0.4 is 4.74 Å². The number of aliphatic hydroxyl groups is 1. The number of benzene rings is 3. The highest BCUT2D eigenvalue weighted by atomic mass is 16.5. The van der Waals surface area contributed by atoms with Crippen LogP contribution in [0.3, 0.4) is 0 Å². The first kappa shape index (κ1) is 21.1. The number of ether oxygens (including phenoxy) is 1. The molecular formula is C26H31NO2. The second kappa shape index (κ2) is 10.8. The SMILES string of the molecule is Cc1ccccc1-c1cccc(OCCCN(CCO)Cc2ccccc2)c1C. The fraction of sp³-hybridized carbons (Fsp3) is 0.308. The van der Waals surface area contributed by atoms with E-state index < -0.39 is 0 Å². The average molecular weight is 390 g/mol. The van der Waals surface area contributed by atoms with Gasteiger partial charge in [-0.1, -0.05) is 66.7 Å². The van der Waals surface area contributed by atoms with Crippen LogP contribution in [0.25, 0.3) is 11.1 Å². The van der Waals surface area contributed by atoms with Gasteiger partial charge < -0.3 is 9.84 Å². The molecule has 0 atom stereocenters. The molecule has 0 radical (unpaired) electrons. The molecule has 0 saturated carbocycles. The molecule has 29 heavy (non-hydrogen) atoms. The molecule has 0 spiro atoms. The van der Waals surface area contributed by atoms with E-state index in [4.69, 9.17) is 4.74 Å². The molecule has 0 amide bonds. The first-order valence-electron chi connectivity index (χ1n) is 10.3. The Kier molecular flexibility index (Phi) is 7.85. The minimum absolute atomic E-state index is 0.172. The number of aryl methyl sites for hydroxylation is 1. The van der Waals surface area contributed by atoms with E-state index in [0.717, 1.165) is 25.3 Å². The molecule has 0 bridgehead atoms. The summed E-state index contributed by atoms with van der Waals surface area (Å²) in [5.41, 5.74) is 6.20. The van der Waals surface area contributed by atoms with Gasteiger partial charge in [0.1, 0.15) is 5.75 Å². The molecule has 3 aromatic carbocycles. The monoisotopic (exact) mass is 389 g/mol. The Hall–Kier alpha value is -2.62. The van der Waals surface area contributed by atoms with Crippen molar-refractivity contribution in [2.45, 2.75) is 26.8 Å². The highest BCUT2D eigenvalue weighted by Crippen LogP contribution is 2.31. The Morgan fingerprint density at radius 2 is 1.52 bits per heavy atom. The molecule has 152 valence electrons. The summed E-state index contributed by atoms with van der Waals surface area (Å²) in [4.78, 5) is 2.27. The Morgan fingerprint density at radius 3 is 2.28 bits per heavy atom. The summed E-state index contributed by atoms with van der Waals surface area (Å²) in [6.45, 7) is 7.53. The predicted octanol–water partition coefficient (Wildman–Crippen LogP) is 5.23. The Bertz CT molecular complexity index is 892. The minimum atomic E-state index is 0.172. The molecule has 0 aromatic heterocycles. The summed E-state index contributed by atoms with van der Waals surface area (Å²) >= 11 is 0. The summed E-state index contributed by atoms with van der Waals surface area (Å²) in [6.07, 6.45) is 0.918. The van der Waals surface area contributed by atoms with Crippen molar-refractivity contribution in [3.05, 3.63) is 89.5 Å². The molecule has 0 saturated heterocycles. The zero-order valence-electron chi connectivity index (χ0n) is 17.5. The lowest BCUT2D eigenvalue weighted by Gasteiger charge is -2.21. The molecule has 0 aliphatic rings. The van der Waals surface area contributed by atoms with E-state index in [2.05, 4.69) is 79.4 Å². The van der Waals surface area contributed by atoms with Crippen molar-refractivity contribution in [2.75, 3.05) is 26.3 Å². The lowest BCUT2D eigenvalue weighted by Crippen LogP contribution is -2.28. The van der Waals surface area contributed by atoms with Gasteiger partial charge in [0.2, 0.25) is 0 Å². The third kappa shape index (κ3) is 5.93. The molecule has 0 fully saturated rings. The van der Waals surface area contributed by atoms with Gasteiger partial charge in [-0.3, -0.25) is 4.90 Å². The van der Waals surface area contributed by atoms with Crippen molar-refractivity contribution in [1.29, 1.82) is 0 Å². The van der Waals surface area contributed by atoms with Gasteiger partial charge in [-0.2, -0.15) is 0 Å². The van der Waals surface area contributed by atoms with E-state index in [1.54, 1.807) is 0 Å². The van der Waals surface area contributed by atoms with Gasteiger partial charge in [-0.25, -0.2) is 0 Å². The quantitative estimate of drug-likeness (QED) is 0.482. The predicted molar refractivity (Wildman–Crippen MR) is 120 cm³/mol. The third-order valence-electron chi connectivity index (χ3n) is 5.26. The van der Waals surface area contributed by atoms with E-state index in [0.29, 0.717) is 13.2 Å². The van der Waals surface area contributed by atoms with Crippen LogP contribution in [0.2, 0.25) is 0 Å². The third-order valence-corrected chi connectivity index (χ3v) is 5.26. The van der Waals surface area contributed by atoms with Crippen LogP contribution in [0.5, 0.6) is 5.75 Å². The first-order chi connectivity index (χ1) is 14.2. The van der Waals surface area contributed by atoms with Gasteiger partial charge >= 0.3 is 0 Å². The van der Waals surface area contributed by atoms with Gasteiger partial charge in [0, 0.05) is 19.6 Å². The number of aliphatic hydroxyl groups excluding tert-OH is 1. The van der Waals surface area contributed by atoms with Crippen molar-refractivity contribution in [2.24, 2.45) is 0 Å². The lowest BCUT2D eigenvalue weighted by atomic mass is 9.96. The van der Waals surface area contributed by atoms with Crippen molar-refractivity contribution in [1.82, 2.24) is 4.90 Å². The highest BCUT2D eigenvalue weighted by molar-refractivity contribution is 5.72. The molecule has 3 heteroatoms. The number of nitrogens with zero attached hydrogens (tertiary/aromatic N) is 1. The van der Waals surface area contributed by atoms with Crippen molar-refractivity contribution in [3.63, 3.8) is 0 Å². The highest BCUT2D eigenvalue weighted by Gasteiger charge is 2.10. The molecule has 1 N–H and O–H groups in total. The molecular weight excluding hydrogens is 358 g/mol. The van der Waals surface area contributed by atoms with Crippen LogP contribution in [-0.4, -0.2) is 36.3 Å². The van der Waals surface area contributed by atoms with Crippen LogP contribution in [-0.2, 0) is 6.54 Å². The smallest absolute Gasteiger partial charge is 0.122 e. The van der Waals surface area contributed by atoms with Crippen LogP contribution in [0.4, 0.5) is 0 Å². The fourth-order valence-electron chi connectivity index (χ4n) is 3.66. The van der Waals surface area contributed by atoms with E-state index >= 15 is 0 Å². The van der Waals surface area contributed by atoms with E-state index in [-0.39, 0.29) is 6.61 Å². The zero-order chi connectivity index (χ0) is 20.5. The summed E-state index contributed by atoms with van der Waals surface area (Å²) in [6, 6.07) is 25.1. The number of hydrogen-bond donors (Lipinski definition) is 1. The topological polar surface area (TPSA) is 32.7 Å². The van der Waals surface area contributed by atoms with Gasteiger partial charge in [0.25, 0.3) is 0 Å². The summed E-state index contributed by atoms with van der Waals surface area (Å²) in [5, 5.41) is 9.37. The van der Waals surface area contributed by atoms with Crippen molar-refractivity contribution < 1.29 is 9.84 Å². The van der Waals surface area contributed by atoms with Crippen LogP contribution in [0.15, 0.2) is 72.8 Å². The second-order valence-corrected chi connectivity index (χ2v) is 7.43. The molecule has 0 aliphatic carbocycles. The van der Waals surface area contributed by atoms with Gasteiger partial charge in [-0.15, -0.1) is 0 Å². The zero-order valence-corrected chi connectivity index (χ0v) is 17.5. The average Bonchev–Trinajstić information content (AvgIpc) is 2.74. The Morgan fingerprint density at radius 1 is 0.793 bits per heavy atom. The lowest BCUT2D eigenvalue weighted by molar-refractivity contribution is 0.177. The fourth-order valence-corrected chi connectivity index (χ4v) is 3.66. The molecule has 0 aliphatic heterocycles. The minimum Gasteiger partial charge on any atom is -0.493 e. The maximum Gasteiger partial charge on any atom is 0.122 e. The maximum absolute atomic E-state index is 9.37. The van der Waals surface area contributed by atoms with Crippen molar-refractivity contribution in [3.8, 4) is 16.9 Å². The Labute approximate surface area is 174 Å². The largest absolute Gasteiger partial charge is 0.493 e. The number of rotatable bonds is 10. The maximum atomic E-state index is 9.37. The van der Waals surface area contributed by atoms with Gasteiger partial charge in [0.15, 0.2) is 0 Å². The molecule has 3 rings (SSSR count). The summed E-state index contributed by atoms with van der Waals surface area (Å²) < 4.78 is 6.13. The molecule has 3 aromatic rings. The molecule has 0 unspecified atom stereocenters. The van der Waals surface area contributed by atoms with E-state index in [1.165, 1.54) is 27.8 Å². The normalized spacial score (nSPS) is 11.0. The van der Waals surface area contributed by atoms with E-state index in [1.807, 2.05) is 12.1 Å². The van der Waals surface area contributed by atoms with Crippen LogP contribution >= 0.6 is 0 Å². The molecule has 0 heterocycles. The van der Waals surface area contributed by atoms with Crippen LogP contribution in [0.1, 0.15) is 23.1 Å². The second-order valence-electron chi connectivity index (χ2n) is 7.43. The van der Waals surface area contributed by atoms with Gasteiger partial charge in [-0.05, 0) is 54.2 Å². The summed E-state index contributed by atoms with van der Waals surface area (Å²) in [5.74, 6) is 0.947. The standard InChI is InChI=1S/C26H31NO2/c1-21-10-6-7-13-24(21)25-14-8-15-26(22(25)2)29-19-9-16-27(17-18-28)20-23-11-4-3-5-12-23/h3-8,10-15,28H,9,16-20H2,1-2H3. The summed E-state index contributed by atoms with van der Waals surface area (Å²) in [7, 11) is 0. The van der Waals surface area contributed by atoms with Gasteiger partial charge in [0.05, 0.1) is 13.2 Å². The Balaban J connectivity index is 1.57. The van der Waals surface area contributed by atoms with E-state index in [9.17, 15) is 5.11 Å².